The highest BCUT2D eigenvalue weighted by Crippen LogP contribution is 2.55. The second kappa shape index (κ2) is 12.4. The number of ether oxygens (including phenoxy) is 1. The number of rotatable bonds is 9. The monoisotopic (exact) mass is 614 g/mol. The van der Waals surface area contributed by atoms with Crippen molar-refractivity contribution in [3.63, 3.8) is 0 Å². The first-order valence-corrected chi connectivity index (χ1v) is 14.0. The molecule has 14 heteroatoms. The highest BCUT2D eigenvalue weighted by molar-refractivity contribution is 7.48. The quantitative estimate of drug-likeness (QED) is 0.194. The van der Waals surface area contributed by atoms with Gasteiger partial charge in [0.2, 0.25) is 0 Å². The minimum atomic E-state index is -4.75. The van der Waals surface area contributed by atoms with E-state index in [4.69, 9.17) is 18.3 Å². The Bertz CT molecular complexity index is 1510. The van der Waals surface area contributed by atoms with E-state index in [0.29, 0.717) is 6.07 Å². The lowest BCUT2D eigenvalue weighted by Crippen LogP contribution is -2.26. The number of anilines is 1. The van der Waals surface area contributed by atoms with Crippen LogP contribution in [-0.4, -0.2) is 21.7 Å². The Morgan fingerprint density at radius 2 is 1.50 bits per heavy atom. The van der Waals surface area contributed by atoms with Crippen molar-refractivity contribution < 1.29 is 45.2 Å². The molecule has 1 N–H and O–H groups in total. The van der Waals surface area contributed by atoms with Crippen molar-refractivity contribution in [1.82, 2.24) is 4.57 Å². The van der Waals surface area contributed by atoms with Crippen molar-refractivity contribution >= 4 is 19.4 Å². The zero-order valence-corrected chi connectivity index (χ0v) is 24.6. The summed E-state index contributed by atoms with van der Waals surface area (Å²) >= 11 is 0. The average Bonchev–Trinajstić information content (AvgIpc) is 2.82. The Labute approximate surface area is 240 Å². The molecule has 0 saturated carbocycles. The summed E-state index contributed by atoms with van der Waals surface area (Å²) in [7, 11) is -4.13. The van der Waals surface area contributed by atoms with Crippen molar-refractivity contribution in [2.24, 2.45) is 0 Å². The molecule has 9 nitrogen and oxygen atoms in total. The van der Waals surface area contributed by atoms with E-state index in [1.54, 1.807) is 41.5 Å². The first-order valence-electron chi connectivity index (χ1n) is 12.6. The minimum absolute atomic E-state index is 0.0496. The summed E-state index contributed by atoms with van der Waals surface area (Å²) in [6.45, 7) is 9.38. The van der Waals surface area contributed by atoms with E-state index >= 15 is 0 Å². The molecule has 3 aromatic rings. The van der Waals surface area contributed by atoms with Gasteiger partial charge in [-0.1, -0.05) is 0 Å². The molecule has 0 unspecified atom stereocenters. The Hall–Kier alpha value is -3.51. The van der Waals surface area contributed by atoms with Crippen molar-refractivity contribution in [3.05, 3.63) is 88.1 Å². The molecular formula is C28H31F4N2O7P. The molecule has 0 aliphatic heterocycles. The number of halogens is 4. The van der Waals surface area contributed by atoms with Crippen molar-refractivity contribution in [2.75, 3.05) is 5.32 Å². The minimum Gasteiger partial charge on any atom is -0.457 e. The van der Waals surface area contributed by atoms with E-state index < -0.39 is 60.3 Å². The van der Waals surface area contributed by atoms with Gasteiger partial charge in [-0.15, -0.1) is 0 Å². The number of carbonyl (C=O) groups excluding carboxylic acids is 1. The molecule has 0 spiro atoms. The van der Waals surface area contributed by atoms with Gasteiger partial charge in [-0.2, -0.15) is 13.2 Å². The average molecular weight is 615 g/mol. The van der Waals surface area contributed by atoms with E-state index in [2.05, 4.69) is 5.32 Å². The Kier molecular flexibility index (Phi) is 9.73. The highest BCUT2D eigenvalue weighted by atomic mass is 31.2. The Balaban J connectivity index is 1.83. The SMILES string of the molecule is CC(C)(C)OP(=O)(OCn1ccc(NC(=O)c2cc(C(F)(F)F)ccc2Oc2ccc(F)cc2)cc1=O)OC(C)(C)C. The molecule has 0 saturated heterocycles. The molecule has 2 aromatic carbocycles. The fourth-order valence-corrected chi connectivity index (χ4v) is 5.12. The number of alkyl halides is 3. The second-order valence-corrected chi connectivity index (χ2v) is 12.6. The first-order chi connectivity index (χ1) is 19.2. The number of hydrogen-bond acceptors (Lipinski definition) is 7. The smallest absolute Gasteiger partial charge is 0.457 e. The number of nitrogens with zero attached hydrogens (tertiary/aromatic N) is 1. The van der Waals surface area contributed by atoms with Crippen LogP contribution in [-0.2, 0) is 31.0 Å². The molecule has 0 fully saturated rings. The first kappa shape index (κ1) is 33.0. The van der Waals surface area contributed by atoms with Gasteiger partial charge in [0.15, 0.2) is 0 Å². The summed E-state index contributed by atoms with van der Waals surface area (Å²) in [5, 5.41) is 2.37. The number of phosphoric acid groups is 1. The van der Waals surface area contributed by atoms with Crippen LogP contribution in [0.25, 0.3) is 0 Å². The highest BCUT2D eigenvalue weighted by Gasteiger charge is 2.37. The third kappa shape index (κ3) is 9.80. The fourth-order valence-electron chi connectivity index (χ4n) is 3.37. The third-order valence-electron chi connectivity index (χ3n) is 4.97. The van der Waals surface area contributed by atoms with Gasteiger partial charge in [0.1, 0.15) is 24.0 Å². The van der Waals surface area contributed by atoms with E-state index in [-0.39, 0.29) is 17.2 Å². The molecule has 42 heavy (non-hydrogen) atoms. The summed E-state index contributed by atoms with van der Waals surface area (Å²) in [6.07, 6.45) is -3.53. The zero-order chi connectivity index (χ0) is 31.5. The van der Waals surface area contributed by atoms with Crippen LogP contribution >= 0.6 is 7.82 Å². The fraction of sp³-hybridized carbons (Fsp3) is 0.357. The van der Waals surface area contributed by atoms with E-state index in [1.807, 2.05) is 0 Å². The molecular weight excluding hydrogens is 583 g/mol. The van der Waals surface area contributed by atoms with Crippen molar-refractivity contribution in [1.29, 1.82) is 0 Å². The molecule has 1 aromatic heterocycles. The molecule has 0 radical (unpaired) electrons. The van der Waals surface area contributed by atoms with Crippen molar-refractivity contribution in [3.8, 4) is 11.5 Å². The number of nitrogens with one attached hydrogen (secondary N) is 1. The van der Waals surface area contributed by atoms with E-state index in [0.717, 1.165) is 34.9 Å². The Morgan fingerprint density at radius 1 is 0.905 bits per heavy atom. The van der Waals surface area contributed by atoms with Crippen LogP contribution in [0.4, 0.5) is 23.2 Å². The summed E-state index contributed by atoms with van der Waals surface area (Å²) in [5.41, 5.74) is -4.14. The van der Waals surface area contributed by atoms with E-state index in [1.165, 1.54) is 24.4 Å². The molecule has 1 heterocycles. The molecule has 228 valence electrons. The zero-order valence-electron chi connectivity index (χ0n) is 23.7. The van der Waals surface area contributed by atoms with Gasteiger partial charge in [-0.25, -0.2) is 8.96 Å². The van der Waals surface area contributed by atoms with Gasteiger partial charge in [0.05, 0.1) is 22.3 Å². The predicted octanol–water partition coefficient (Wildman–Crippen LogP) is 7.76. The lowest BCUT2D eigenvalue weighted by molar-refractivity contribution is -0.137. The van der Waals surface area contributed by atoms with Gasteiger partial charge in [0.25, 0.3) is 11.5 Å². The second-order valence-electron chi connectivity index (χ2n) is 11.1. The van der Waals surface area contributed by atoms with Crippen LogP contribution in [0.2, 0.25) is 0 Å². The third-order valence-corrected chi connectivity index (χ3v) is 6.95. The van der Waals surface area contributed by atoms with Gasteiger partial charge in [0, 0.05) is 18.0 Å². The lowest BCUT2D eigenvalue weighted by atomic mass is 10.1. The van der Waals surface area contributed by atoms with Crippen LogP contribution < -0.4 is 15.6 Å². The molecule has 0 aliphatic carbocycles. The Morgan fingerprint density at radius 3 is 2.02 bits per heavy atom. The number of amides is 1. The number of aromatic nitrogens is 1. The van der Waals surface area contributed by atoms with Crippen LogP contribution in [0.1, 0.15) is 57.5 Å². The number of phosphoric ester groups is 1. The van der Waals surface area contributed by atoms with Crippen LogP contribution in [0.3, 0.4) is 0 Å². The molecule has 3 rings (SSSR count). The summed E-state index contributed by atoms with van der Waals surface area (Å²) in [5.74, 6) is -1.72. The van der Waals surface area contributed by atoms with Crippen LogP contribution in [0.5, 0.6) is 11.5 Å². The molecule has 0 atom stereocenters. The van der Waals surface area contributed by atoms with Crippen molar-refractivity contribution in [2.45, 2.75) is 65.7 Å². The molecule has 1 amide bonds. The molecule has 0 bridgehead atoms. The summed E-state index contributed by atoms with van der Waals surface area (Å²) < 4.78 is 89.6. The predicted molar refractivity (Wildman–Crippen MR) is 147 cm³/mol. The maximum absolute atomic E-state index is 13.4. The number of carbonyl (C=O) groups is 1. The van der Waals surface area contributed by atoms with Crippen LogP contribution in [0, 0.1) is 5.82 Å². The van der Waals surface area contributed by atoms with Gasteiger partial charge >= 0.3 is 14.0 Å². The van der Waals surface area contributed by atoms with E-state index in [9.17, 15) is 31.7 Å². The number of pyridine rings is 1. The maximum Gasteiger partial charge on any atom is 0.477 e. The standard InChI is InChI=1S/C28H31F4N2O7P/c1-26(2,3)40-42(37,41-27(4,5)6)38-17-34-14-13-20(16-24(34)35)33-25(36)22-15-18(28(30,31)32)7-12-23(22)39-21-10-8-19(29)9-11-21/h7-16H,17H2,1-6H3,(H,33,36). The number of hydrogen-bond donors (Lipinski definition) is 1. The largest absolute Gasteiger partial charge is 0.477 e. The normalized spacial score (nSPS) is 12.7. The van der Waals surface area contributed by atoms with Gasteiger partial charge in [-0.3, -0.25) is 27.7 Å². The lowest BCUT2D eigenvalue weighted by Gasteiger charge is -2.30. The van der Waals surface area contributed by atoms with Gasteiger partial charge < -0.3 is 10.1 Å². The topological polar surface area (TPSA) is 105 Å². The summed E-state index contributed by atoms with van der Waals surface area (Å²) in [6, 6.07) is 9.25. The van der Waals surface area contributed by atoms with Gasteiger partial charge in [-0.05, 0) is 90.1 Å². The van der Waals surface area contributed by atoms with Crippen LogP contribution in [0.15, 0.2) is 65.6 Å². The number of benzene rings is 2. The summed E-state index contributed by atoms with van der Waals surface area (Å²) in [4.78, 5) is 25.8. The molecule has 0 aliphatic rings. The maximum atomic E-state index is 13.4.